The minimum Gasteiger partial charge on any atom is -0.384 e. The summed E-state index contributed by atoms with van der Waals surface area (Å²) in [5, 5.41) is 10.4. The quantitative estimate of drug-likeness (QED) is 0.789. The molecule has 1 N–H and O–H groups in total. The molecule has 1 atom stereocenters. The highest BCUT2D eigenvalue weighted by molar-refractivity contribution is 6.01. The van der Waals surface area contributed by atoms with E-state index in [0.717, 1.165) is 5.56 Å². The minimum absolute atomic E-state index is 0.0526. The van der Waals surface area contributed by atoms with Crippen molar-refractivity contribution in [3.8, 4) is 0 Å². The summed E-state index contributed by atoms with van der Waals surface area (Å²) < 4.78 is 0. The van der Waals surface area contributed by atoms with E-state index in [-0.39, 0.29) is 18.1 Å². The van der Waals surface area contributed by atoms with Gasteiger partial charge in [0.15, 0.2) is 5.78 Å². The molecule has 0 spiro atoms. The van der Waals surface area contributed by atoms with Crippen LogP contribution in [0.3, 0.4) is 0 Å². The van der Waals surface area contributed by atoms with Crippen LogP contribution in [-0.4, -0.2) is 10.9 Å². The van der Waals surface area contributed by atoms with Crippen LogP contribution in [0, 0.1) is 5.92 Å². The molecule has 16 heavy (non-hydrogen) atoms. The average molecular weight is 220 g/mol. The molecule has 1 aromatic carbocycles. The predicted octanol–water partition coefficient (Wildman–Crippen LogP) is 3.14. The second-order valence-electron chi connectivity index (χ2n) is 4.22. The first-order valence-electron chi connectivity index (χ1n) is 5.91. The molecule has 0 saturated heterocycles. The molecule has 0 saturated carbocycles. The third-order valence-electron chi connectivity index (χ3n) is 3.08. The van der Waals surface area contributed by atoms with Gasteiger partial charge in [0.2, 0.25) is 0 Å². The van der Waals surface area contributed by atoms with Crippen molar-refractivity contribution in [2.75, 3.05) is 0 Å². The van der Waals surface area contributed by atoms with E-state index in [1.807, 2.05) is 45.9 Å². The van der Waals surface area contributed by atoms with Crippen LogP contribution >= 0.6 is 0 Å². The number of aliphatic hydroxyl groups is 1. The second kappa shape index (κ2) is 4.79. The fraction of sp³-hybridized carbons (Fsp3) is 0.500. The molecule has 0 bridgehead atoms. The molecule has 2 rings (SSSR count). The summed E-state index contributed by atoms with van der Waals surface area (Å²) in [5.41, 5.74) is 0.525. The number of ketones is 1. The normalized spacial score (nSPS) is 22.8. The van der Waals surface area contributed by atoms with E-state index in [9.17, 15) is 9.90 Å². The smallest absolute Gasteiger partial charge is 0.166 e. The largest absolute Gasteiger partial charge is 0.384 e. The lowest BCUT2D eigenvalue weighted by atomic mass is 9.85. The monoisotopic (exact) mass is 220 g/mol. The van der Waals surface area contributed by atoms with Gasteiger partial charge in [-0.05, 0) is 11.5 Å². The third kappa shape index (κ3) is 1.90. The number of Topliss-reactive ketones (excluding diaryl/α,β-unsaturated/α-hetero) is 1. The van der Waals surface area contributed by atoms with Gasteiger partial charge in [-0.3, -0.25) is 4.79 Å². The van der Waals surface area contributed by atoms with Crippen molar-refractivity contribution in [3.05, 3.63) is 35.4 Å². The van der Waals surface area contributed by atoms with Gasteiger partial charge >= 0.3 is 0 Å². The minimum atomic E-state index is -0.951. The van der Waals surface area contributed by atoms with Crippen LogP contribution in [-0.2, 0) is 5.60 Å². The molecule has 88 valence electrons. The van der Waals surface area contributed by atoms with Crippen LogP contribution in [0.1, 0.15) is 50.0 Å². The molecule has 2 heteroatoms. The van der Waals surface area contributed by atoms with E-state index in [2.05, 4.69) is 0 Å². The van der Waals surface area contributed by atoms with Crippen molar-refractivity contribution in [2.24, 2.45) is 5.92 Å². The Balaban J connectivity index is 0.000000606. The van der Waals surface area contributed by atoms with Gasteiger partial charge in [-0.15, -0.1) is 0 Å². The fourth-order valence-electron chi connectivity index (χ4n) is 2.05. The molecule has 2 nitrogen and oxygen atoms in total. The molecule has 1 aliphatic rings. The zero-order chi connectivity index (χ0) is 12.3. The molecule has 0 radical (unpaired) electrons. The Hall–Kier alpha value is -1.15. The Morgan fingerprint density at radius 3 is 2.38 bits per heavy atom. The topological polar surface area (TPSA) is 37.3 Å². The van der Waals surface area contributed by atoms with Crippen LogP contribution in [0.2, 0.25) is 0 Å². The Morgan fingerprint density at radius 1 is 1.25 bits per heavy atom. The fourth-order valence-corrected chi connectivity index (χ4v) is 2.05. The molecule has 0 fully saturated rings. The van der Waals surface area contributed by atoms with Gasteiger partial charge < -0.3 is 5.11 Å². The summed E-state index contributed by atoms with van der Waals surface area (Å²) in [6, 6.07) is 7.34. The highest BCUT2D eigenvalue weighted by Gasteiger charge is 2.43. The van der Waals surface area contributed by atoms with Crippen molar-refractivity contribution >= 4 is 5.78 Å². The van der Waals surface area contributed by atoms with Gasteiger partial charge in [0, 0.05) is 12.0 Å². The van der Waals surface area contributed by atoms with Gasteiger partial charge in [0.1, 0.15) is 0 Å². The molecule has 1 aliphatic carbocycles. The van der Waals surface area contributed by atoms with Crippen LogP contribution in [0.15, 0.2) is 24.3 Å². The number of benzene rings is 1. The lowest BCUT2D eigenvalue weighted by Crippen LogP contribution is -2.29. The standard InChI is InChI=1S/C12H14O2.C2H6/c1-8(2)12(14)7-11(13)9-5-3-4-6-10(9)12;1-2/h3-6,8,14H,7H2,1-2H3;1-2H3. The van der Waals surface area contributed by atoms with E-state index in [0.29, 0.717) is 5.56 Å². The molecule has 0 aromatic heterocycles. The Kier molecular flexibility index (Phi) is 3.87. The number of carbonyl (C=O) groups is 1. The van der Waals surface area contributed by atoms with Crippen molar-refractivity contribution in [2.45, 2.75) is 39.7 Å². The maximum Gasteiger partial charge on any atom is 0.166 e. The van der Waals surface area contributed by atoms with Gasteiger partial charge in [0.25, 0.3) is 0 Å². The Morgan fingerprint density at radius 2 is 1.81 bits per heavy atom. The van der Waals surface area contributed by atoms with Crippen molar-refractivity contribution in [1.82, 2.24) is 0 Å². The Labute approximate surface area is 97.3 Å². The highest BCUT2D eigenvalue weighted by Crippen LogP contribution is 2.41. The zero-order valence-corrected chi connectivity index (χ0v) is 10.4. The van der Waals surface area contributed by atoms with Crippen molar-refractivity contribution in [1.29, 1.82) is 0 Å². The number of fused-ring (bicyclic) bond motifs is 1. The van der Waals surface area contributed by atoms with Crippen LogP contribution in [0.25, 0.3) is 0 Å². The molecule has 0 heterocycles. The van der Waals surface area contributed by atoms with E-state index < -0.39 is 5.60 Å². The maximum atomic E-state index is 11.6. The first-order chi connectivity index (χ1) is 7.55. The summed E-state index contributed by atoms with van der Waals surface area (Å²) in [4.78, 5) is 11.6. The molecular weight excluding hydrogens is 200 g/mol. The summed E-state index contributed by atoms with van der Waals surface area (Å²) in [5.74, 6) is 0.118. The molecular formula is C14H20O2. The van der Waals surface area contributed by atoms with Gasteiger partial charge in [-0.2, -0.15) is 0 Å². The van der Waals surface area contributed by atoms with Crippen LogP contribution in [0.4, 0.5) is 0 Å². The summed E-state index contributed by atoms with van der Waals surface area (Å²) >= 11 is 0. The van der Waals surface area contributed by atoms with E-state index >= 15 is 0 Å². The highest BCUT2D eigenvalue weighted by atomic mass is 16.3. The van der Waals surface area contributed by atoms with Crippen LogP contribution in [0.5, 0.6) is 0 Å². The predicted molar refractivity (Wildman–Crippen MR) is 65.5 cm³/mol. The molecule has 1 unspecified atom stereocenters. The summed E-state index contributed by atoms with van der Waals surface area (Å²) in [6.45, 7) is 7.88. The van der Waals surface area contributed by atoms with E-state index in [1.165, 1.54) is 0 Å². The van der Waals surface area contributed by atoms with Crippen molar-refractivity contribution < 1.29 is 9.90 Å². The van der Waals surface area contributed by atoms with E-state index in [4.69, 9.17) is 0 Å². The summed E-state index contributed by atoms with van der Waals surface area (Å²) in [6.07, 6.45) is 0.226. The number of carbonyl (C=O) groups excluding carboxylic acids is 1. The lowest BCUT2D eigenvalue weighted by molar-refractivity contribution is -0.00527. The van der Waals surface area contributed by atoms with E-state index in [1.54, 1.807) is 6.07 Å². The maximum absolute atomic E-state index is 11.6. The van der Waals surface area contributed by atoms with Gasteiger partial charge in [-0.25, -0.2) is 0 Å². The van der Waals surface area contributed by atoms with Crippen molar-refractivity contribution in [3.63, 3.8) is 0 Å². The van der Waals surface area contributed by atoms with Gasteiger partial charge in [-0.1, -0.05) is 52.0 Å². The molecule has 0 amide bonds. The number of hydrogen-bond acceptors (Lipinski definition) is 2. The zero-order valence-electron chi connectivity index (χ0n) is 10.4. The first-order valence-corrected chi connectivity index (χ1v) is 5.91. The first kappa shape index (κ1) is 12.9. The lowest BCUT2D eigenvalue weighted by Gasteiger charge is -2.27. The second-order valence-corrected chi connectivity index (χ2v) is 4.22. The Bertz CT molecular complexity index is 382. The molecule has 1 aromatic rings. The molecule has 0 aliphatic heterocycles. The number of rotatable bonds is 1. The van der Waals surface area contributed by atoms with Gasteiger partial charge in [0.05, 0.1) is 5.60 Å². The summed E-state index contributed by atoms with van der Waals surface area (Å²) in [7, 11) is 0. The number of hydrogen-bond donors (Lipinski definition) is 1. The third-order valence-corrected chi connectivity index (χ3v) is 3.08. The average Bonchev–Trinajstić information content (AvgIpc) is 2.56. The SMILES string of the molecule is CC.CC(C)C1(O)CC(=O)c2ccccc21. The van der Waals surface area contributed by atoms with Crippen LogP contribution < -0.4 is 0 Å².